The highest BCUT2D eigenvalue weighted by atomic mass is 16.5. The molecule has 0 atom stereocenters. The zero-order valence-electron chi connectivity index (χ0n) is 19.5. The van der Waals surface area contributed by atoms with Crippen LogP contribution in [0.4, 0.5) is 0 Å². The first-order valence-corrected chi connectivity index (χ1v) is 11.0. The Balaban J connectivity index is 1.86. The third-order valence-corrected chi connectivity index (χ3v) is 5.63. The largest absolute Gasteiger partial charge is 0.497 e. The van der Waals surface area contributed by atoms with Crippen LogP contribution in [0.1, 0.15) is 32.1 Å². The van der Waals surface area contributed by atoms with Crippen LogP contribution >= 0.6 is 0 Å². The Labute approximate surface area is 185 Å². The maximum Gasteiger partial charge on any atom is 0.138 e. The van der Waals surface area contributed by atoms with Crippen LogP contribution in [0.25, 0.3) is 21.5 Å². The van der Waals surface area contributed by atoms with Gasteiger partial charge in [0, 0.05) is 10.8 Å². The average molecular weight is 426 g/mol. The van der Waals surface area contributed by atoms with Crippen LogP contribution in [0.15, 0.2) is 36.4 Å². The SMILES string of the molecule is COc1ccc2c(OCCCCCCCN(C)C)c3c(OC)ccc(OC)c3cc2c1. The van der Waals surface area contributed by atoms with Gasteiger partial charge in [0.1, 0.15) is 23.0 Å². The van der Waals surface area contributed by atoms with Crippen LogP contribution in [0.5, 0.6) is 23.0 Å². The molecule has 0 spiro atoms. The van der Waals surface area contributed by atoms with Gasteiger partial charge in [-0.1, -0.05) is 19.3 Å². The maximum atomic E-state index is 6.41. The van der Waals surface area contributed by atoms with Gasteiger partial charge in [-0.25, -0.2) is 0 Å². The number of rotatable bonds is 12. The van der Waals surface area contributed by atoms with E-state index < -0.39 is 0 Å². The first-order chi connectivity index (χ1) is 15.1. The van der Waals surface area contributed by atoms with Crippen molar-refractivity contribution < 1.29 is 18.9 Å². The summed E-state index contributed by atoms with van der Waals surface area (Å²) in [6.45, 7) is 1.83. The van der Waals surface area contributed by atoms with E-state index in [-0.39, 0.29) is 0 Å². The van der Waals surface area contributed by atoms with Crippen molar-refractivity contribution in [3.8, 4) is 23.0 Å². The van der Waals surface area contributed by atoms with Gasteiger partial charge >= 0.3 is 0 Å². The summed E-state index contributed by atoms with van der Waals surface area (Å²) in [4.78, 5) is 2.24. The molecule has 0 radical (unpaired) electrons. The number of hydrogen-bond donors (Lipinski definition) is 0. The zero-order valence-corrected chi connectivity index (χ0v) is 19.5. The van der Waals surface area contributed by atoms with Gasteiger partial charge in [-0.05, 0) is 75.3 Å². The fraction of sp³-hybridized carbons (Fsp3) is 0.462. The molecule has 0 N–H and O–H groups in total. The summed E-state index contributed by atoms with van der Waals surface area (Å²) in [6, 6.07) is 12.1. The summed E-state index contributed by atoms with van der Waals surface area (Å²) in [5, 5.41) is 4.02. The van der Waals surface area contributed by atoms with Crippen molar-refractivity contribution in [3.63, 3.8) is 0 Å². The molecule has 0 aliphatic heterocycles. The molecule has 0 aromatic heterocycles. The lowest BCUT2D eigenvalue weighted by Gasteiger charge is -2.17. The molecule has 0 aliphatic rings. The van der Waals surface area contributed by atoms with Gasteiger partial charge in [0.2, 0.25) is 0 Å². The van der Waals surface area contributed by atoms with Crippen molar-refractivity contribution in [1.29, 1.82) is 0 Å². The Morgan fingerprint density at radius 2 is 1.42 bits per heavy atom. The quantitative estimate of drug-likeness (QED) is 0.266. The predicted molar refractivity (Wildman–Crippen MR) is 128 cm³/mol. The number of hydrogen-bond acceptors (Lipinski definition) is 5. The van der Waals surface area contributed by atoms with Crippen LogP contribution in [0.2, 0.25) is 0 Å². The van der Waals surface area contributed by atoms with Gasteiger partial charge in [0.15, 0.2) is 0 Å². The smallest absolute Gasteiger partial charge is 0.138 e. The van der Waals surface area contributed by atoms with Crippen molar-refractivity contribution in [1.82, 2.24) is 4.90 Å². The van der Waals surface area contributed by atoms with Gasteiger partial charge in [-0.2, -0.15) is 0 Å². The molecule has 0 aliphatic carbocycles. The van der Waals surface area contributed by atoms with Gasteiger partial charge in [0.05, 0.1) is 33.3 Å². The molecule has 0 heterocycles. The number of fused-ring (bicyclic) bond motifs is 2. The monoisotopic (exact) mass is 425 g/mol. The minimum absolute atomic E-state index is 0.675. The van der Waals surface area contributed by atoms with Crippen LogP contribution in [-0.4, -0.2) is 53.5 Å². The van der Waals surface area contributed by atoms with Crippen molar-refractivity contribution in [2.24, 2.45) is 0 Å². The Morgan fingerprint density at radius 1 is 0.710 bits per heavy atom. The molecule has 3 rings (SSSR count). The Kier molecular flexibility index (Phi) is 8.24. The maximum absolute atomic E-state index is 6.41. The molecule has 168 valence electrons. The molecule has 0 saturated carbocycles. The van der Waals surface area contributed by atoms with E-state index in [0.717, 1.165) is 57.5 Å². The highest BCUT2D eigenvalue weighted by Crippen LogP contribution is 2.44. The van der Waals surface area contributed by atoms with Crippen molar-refractivity contribution in [2.45, 2.75) is 32.1 Å². The minimum Gasteiger partial charge on any atom is -0.497 e. The number of methoxy groups -OCH3 is 3. The standard InChI is InChI=1S/C26H35NO4/c1-27(2)15-9-7-6-8-10-16-31-26-21-12-11-20(28-3)17-19(21)18-22-23(29-4)13-14-24(30-5)25(22)26/h11-14,17-18H,6-10,15-16H2,1-5H3. The molecule has 3 aromatic rings. The van der Waals surface area contributed by atoms with E-state index in [1.165, 1.54) is 25.7 Å². The predicted octanol–water partition coefficient (Wildman–Crippen LogP) is 5.91. The lowest BCUT2D eigenvalue weighted by molar-refractivity contribution is 0.308. The molecule has 3 aromatic carbocycles. The topological polar surface area (TPSA) is 40.2 Å². The molecule has 0 amide bonds. The lowest BCUT2D eigenvalue weighted by Crippen LogP contribution is -2.12. The van der Waals surface area contributed by atoms with E-state index in [0.29, 0.717) is 6.61 Å². The van der Waals surface area contributed by atoms with E-state index in [1.807, 2.05) is 24.3 Å². The Hall–Kier alpha value is -2.66. The third kappa shape index (κ3) is 5.53. The summed E-state index contributed by atoms with van der Waals surface area (Å²) in [6.07, 6.45) is 5.95. The minimum atomic E-state index is 0.675. The van der Waals surface area contributed by atoms with Crippen LogP contribution in [-0.2, 0) is 0 Å². The van der Waals surface area contributed by atoms with Gasteiger partial charge in [0.25, 0.3) is 0 Å². The summed E-state index contributed by atoms with van der Waals surface area (Å²) in [5.41, 5.74) is 0. The molecule has 5 nitrogen and oxygen atoms in total. The van der Waals surface area contributed by atoms with E-state index in [9.17, 15) is 0 Å². The second-order valence-electron chi connectivity index (χ2n) is 8.10. The molecule has 0 saturated heterocycles. The van der Waals surface area contributed by atoms with Gasteiger partial charge in [-0.3, -0.25) is 0 Å². The fourth-order valence-corrected chi connectivity index (χ4v) is 3.97. The summed E-state index contributed by atoms with van der Waals surface area (Å²) >= 11 is 0. The number of nitrogens with zero attached hydrogens (tertiary/aromatic N) is 1. The van der Waals surface area contributed by atoms with Gasteiger partial charge in [-0.15, -0.1) is 0 Å². The van der Waals surface area contributed by atoms with Crippen LogP contribution in [0.3, 0.4) is 0 Å². The number of unbranched alkanes of at least 4 members (excludes halogenated alkanes) is 4. The Morgan fingerprint density at radius 3 is 2.13 bits per heavy atom. The molecule has 0 bridgehead atoms. The van der Waals surface area contributed by atoms with Crippen LogP contribution < -0.4 is 18.9 Å². The highest BCUT2D eigenvalue weighted by molar-refractivity contribution is 6.10. The third-order valence-electron chi connectivity index (χ3n) is 5.63. The van der Waals surface area contributed by atoms with Crippen molar-refractivity contribution in [2.75, 3.05) is 48.6 Å². The van der Waals surface area contributed by atoms with Gasteiger partial charge < -0.3 is 23.8 Å². The summed E-state index contributed by atoms with van der Waals surface area (Å²) in [7, 11) is 9.31. The molecule has 0 fully saturated rings. The first-order valence-electron chi connectivity index (χ1n) is 11.0. The molecular formula is C26H35NO4. The normalized spacial score (nSPS) is 11.3. The fourth-order valence-electron chi connectivity index (χ4n) is 3.97. The second-order valence-corrected chi connectivity index (χ2v) is 8.10. The molecule has 31 heavy (non-hydrogen) atoms. The number of ether oxygens (including phenoxy) is 4. The highest BCUT2D eigenvalue weighted by Gasteiger charge is 2.17. The van der Waals surface area contributed by atoms with E-state index in [1.54, 1.807) is 21.3 Å². The Bertz CT molecular complexity index is 1000. The van der Waals surface area contributed by atoms with Crippen molar-refractivity contribution in [3.05, 3.63) is 36.4 Å². The second kappa shape index (κ2) is 11.1. The molecule has 0 unspecified atom stereocenters. The molecular weight excluding hydrogens is 390 g/mol. The van der Waals surface area contributed by atoms with E-state index >= 15 is 0 Å². The lowest BCUT2D eigenvalue weighted by atomic mass is 10.00. The summed E-state index contributed by atoms with van der Waals surface area (Å²) in [5.74, 6) is 3.24. The molecule has 5 heteroatoms. The number of benzene rings is 3. The average Bonchev–Trinajstić information content (AvgIpc) is 2.78. The van der Waals surface area contributed by atoms with E-state index in [2.05, 4.69) is 31.1 Å². The van der Waals surface area contributed by atoms with Crippen molar-refractivity contribution >= 4 is 21.5 Å². The van der Waals surface area contributed by atoms with Crippen LogP contribution in [0, 0.1) is 0 Å². The zero-order chi connectivity index (χ0) is 22.2. The van der Waals surface area contributed by atoms with E-state index in [4.69, 9.17) is 18.9 Å². The summed E-state index contributed by atoms with van der Waals surface area (Å²) < 4.78 is 23.2. The first kappa shape index (κ1) is 23.0.